The van der Waals surface area contributed by atoms with E-state index in [0.717, 1.165) is 5.56 Å². The van der Waals surface area contributed by atoms with Gasteiger partial charge in [0, 0.05) is 5.70 Å². The molecule has 0 aliphatic carbocycles. The second-order valence-electron chi connectivity index (χ2n) is 6.55. The molecule has 158 valence electrons. The van der Waals surface area contributed by atoms with Gasteiger partial charge in [-0.3, -0.25) is 0 Å². The van der Waals surface area contributed by atoms with E-state index < -0.39 is 18.0 Å². The quantitative estimate of drug-likeness (QED) is 0.604. The number of esters is 1. The fourth-order valence-electron chi connectivity index (χ4n) is 3.08. The number of halogens is 1. The zero-order valence-corrected chi connectivity index (χ0v) is 17.4. The molecule has 3 N–H and O–H groups in total. The van der Waals surface area contributed by atoms with E-state index in [9.17, 15) is 14.7 Å². The third-order valence-corrected chi connectivity index (χ3v) is 4.91. The molecule has 8 nitrogen and oxygen atoms in total. The van der Waals surface area contributed by atoms with E-state index in [1.54, 1.807) is 38.3 Å². The first-order chi connectivity index (χ1) is 14.3. The monoisotopic (exact) mass is 432 g/mol. The number of amides is 2. The van der Waals surface area contributed by atoms with Crippen LogP contribution in [0.1, 0.15) is 24.1 Å². The average molecular weight is 433 g/mol. The molecule has 0 bridgehead atoms. The molecule has 0 fully saturated rings. The van der Waals surface area contributed by atoms with E-state index in [1.165, 1.54) is 19.2 Å². The van der Waals surface area contributed by atoms with Gasteiger partial charge in [-0.1, -0.05) is 23.7 Å². The number of allylic oxidation sites excluding steroid dienone is 1. The molecule has 1 heterocycles. The number of ether oxygens (including phenoxy) is 3. The van der Waals surface area contributed by atoms with Gasteiger partial charge in [0.15, 0.2) is 11.5 Å². The second kappa shape index (κ2) is 8.96. The number of hydrogen-bond acceptors (Lipinski definition) is 6. The molecule has 0 saturated heterocycles. The van der Waals surface area contributed by atoms with E-state index in [4.69, 9.17) is 25.8 Å². The number of nitrogens with one attached hydrogen (secondary N) is 2. The summed E-state index contributed by atoms with van der Waals surface area (Å²) >= 11 is 6.08. The number of benzene rings is 2. The number of urea groups is 1. The molecule has 9 heteroatoms. The van der Waals surface area contributed by atoms with Crippen molar-refractivity contribution < 1.29 is 28.9 Å². The van der Waals surface area contributed by atoms with Gasteiger partial charge in [0.1, 0.15) is 12.4 Å². The highest BCUT2D eigenvalue weighted by molar-refractivity contribution is 6.32. The van der Waals surface area contributed by atoms with Gasteiger partial charge in [-0.15, -0.1) is 0 Å². The van der Waals surface area contributed by atoms with Crippen LogP contribution in [0.3, 0.4) is 0 Å². The van der Waals surface area contributed by atoms with Crippen LogP contribution in [0.15, 0.2) is 47.7 Å². The van der Waals surface area contributed by atoms with E-state index in [1.807, 2.05) is 0 Å². The standard InChI is InChI=1S/C21H21ClN2O6/c1-11-17(20(26)30-10-12-4-6-14(28-2)7-5-12)18(24-21(27)23-11)13-8-15(22)19(25)16(9-13)29-3/h4-9,18,25H,10H2,1-3H3,(H2,23,24,27)/t18-/m1/s1. The molecule has 0 radical (unpaired) electrons. The van der Waals surface area contributed by atoms with E-state index in [0.29, 0.717) is 17.0 Å². The summed E-state index contributed by atoms with van der Waals surface area (Å²) in [6, 6.07) is 8.75. The molecule has 2 amide bonds. The predicted octanol–water partition coefficient (Wildman–Crippen LogP) is 3.43. The first kappa shape index (κ1) is 21.3. The highest BCUT2D eigenvalue weighted by atomic mass is 35.5. The average Bonchev–Trinajstić information content (AvgIpc) is 2.73. The van der Waals surface area contributed by atoms with Crippen molar-refractivity contribution >= 4 is 23.6 Å². The van der Waals surface area contributed by atoms with Gasteiger partial charge in [-0.2, -0.15) is 0 Å². The van der Waals surface area contributed by atoms with Gasteiger partial charge in [0.25, 0.3) is 0 Å². The Labute approximate surface area is 178 Å². The Morgan fingerprint density at radius 2 is 1.87 bits per heavy atom. The topological polar surface area (TPSA) is 106 Å². The first-order valence-corrected chi connectivity index (χ1v) is 9.36. The van der Waals surface area contributed by atoms with Crippen molar-refractivity contribution in [2.24, 2.45) is 0 Å². The number of hydrogen-bond donors (Lipinski definition) is 3. The minimum Gasteiger partial charge on any atom is -0.503 e. The maximum atomic E-state index is 12.9. The lowest BCUT2D eigenvalue weighted by atomic mass is 9.95. The van der Waals surface area contributed by atoms with Crippen LogP contribution in [-0.2, 0) is 16.1 Å². The molecular formula is C21H21ClN2O6. The lowest BCUT2D eigenvalue weighted by Gasteiger charge is -2.28. The summed E-state index contributed by atoms with van der Waals surface area (Å²) in [6.45, 7) is 1.65. The Morgan fingerprint density at radius 3 is 2.50 bits per heavy atom. The molecule has 1 aliphatic heterocycles. The number of aromatic hydroxyl groups is 1. The van der Waals surface area contributed by atoms with Crippen LogP contribution in [0.2, 0.25) is 5.02 Å². The zero-order chi connectivity index (χ0) is 21.8. The van der Waals surface area contributed by atoms with Gasteiger partial charge in [-0.05, 0) is 42.3 Å². The molecule has 2 aromatic rings. The molecule has 0 spiro atoms. The molecule has 3 rings (SSSR count). The van der Waals surface area contributed by atoms with Crippen LogP contribution in [0.4, 0.5) is 4.79 Å². The van der Waals surface area contributed by atoms with E-state index in [2.05, 4.69) is 10.6 Å². The fourth-order valence-corrected chi connectivity index (χ4v) is 3.30. The fraction of sp³-hybridized carbons (Fsp3) is 0.238. The second-order valence-corrected chi connectivity index (χ2v) is 6.96. The van der Waals surface area contributed by atoms with Crippen molar-refractivity contribution in [1.82, 2.24) is 10.6 Å². The van der Waals surface area contributed by atoms with Gasteiger partial charge in [0.05, 0.1) is 30.9 Å². The van der Waals surface area contributed by atoms with Crippen LogP contribution >= 0.6 is 11.6 Å². The number of phenols is 1. The van der Waals surface area contributed by atoms with Crippen LogP contribution in [0, 0.1) is 0 Å². The first-order valence-electron chi connectivity index (χ1n) is 8.98. The number of carbonyl (C=O) groups is 2. The van der Waals surface area contributed by atoms with Gasteiger partial charge in [0.2, 0.25) is 0 Å². The van der Waals surface area contributed by atoms with Crippen molar-refractivity contribution in [3.8, 4) is 17.2 Å². The molecule has 2 aromatic carbocycles. The Balaban J connectivity index is 1.87. The molecule has 0 unspecified atom stereocenters. The highest BCUT2D eigenvalue weighted by Crippen LogP contribution is 2.39. The molecule has 1 aliphatic rings. The molecule has 0 aromatic heterocycles. The Morgan fingerprint density at radius 1 is 1.17 bits per heavy atom. The smallest absolute Gasteiger partial charge is 0.338 e. The Bertz CT molecular complexity index is 1000. The van der Waals surface area contributed by atoms with Crippen LogP contribution < -0.4 is 20.1 Å². The lowest BCUT2D eigenvalue weighted by Crippen LogP contribution is -2.45. The number of carbonyl (C=O) groups excluding carboxylic acids is 2. The van der Waals surface area contributed by atoms with E-state index >= 15 is 0 Å². The minimum absolute atomic E-state index is 0.0285. The number of methoxy groups -OCH3 is 2. The van der Waals surface area contributed by atoms with Crippen molar-refractivity contribution in [3.63, 3.8) is 0 Å². The Kier molecular flexibility index (Phi) is 6.37. The maximum Gasteiger partial charge on any atom is 0.338 e. The van der Waals surface area contributed by atoms with Gasteiger partial charge >= 0.3 is 12.0 Å². The Hall–Kier alpha value is -3.39. The largest absolute Gasteiger partial charge is 0.503 e. The molecule has 1 atom stereocenters. The minimum atomic E-state index is -0.839. The summed E-state index contributed by atoms with van der Waals surface area (Å²) in [5.41, 5.74) is 1.81. The van der Waals surface area contributed by atoms with Crippen molar-refractivity contribution in [1.29, 1.82) is 0 Å². The van der Waals surface area contributed by atoms with Crippen LogP contribution in [0.25, 0.3) is 0 Å². The van der Waals surface area contributed by atoms with Crippen molar-refractivity contribution in [2.45, 2.75) is 19.6 Å². The van der Waals surface area contributed by atoms with Crippen molar-refractivity contribution in [2.75, 3.05) is 14.2 Å². The van der Waals surface area contributed by atoms with Gasteiger partial charge < -0.3 is 30.0 Å². The summed E-state index contributed by atoms with van der Waals surface area (Å²) in [5.74, 6) is -0.0218. The number of phenolic OH excluding ortho intramolecular Hbond substituents is 1. The summed E-state index contributed by atoms with van der Waals surface area (Å²) in [6.07, 6.45) is 0. The third-order valence-electron chi connectivity index (χ3n) is 4.62. The number of rotatable bonds is 6. The third kappa shape index (κ3) is 4.44. The molecule has 30 heavy (non-hydrogen) atoms. The zero-order valence-electron chi connectivity index (χ0n) is 16.6. The summed E-state index contributed by atoms with van der Waals surface area (Å²) in [5, 5.41) is 15.3. The predicted molar refractivity (Wildman–Crippen MR) is 110 cm³/mol. The summed E-state index contributed by atoms with van der Waals surface area (Å²) in [7, 11) is 2.95. The summed E-state index contributed by atoms with van der Waals surface area (Å²) < 4.78 is 15.7. The lowest BCUT2D eigenvalue weighted by molar-refractivity contribution is -0.140. The maximum absolute atomic E-state index is 12.9. The van der Waals surface area contributed by atoms with Gasteiger partial charge in [-0.25, -0.2) is 9.59 Å². The highest BCUT2D eigenvalue weighted by Gasteiger charge is 2.33. The van der Waals surface area contributed by atoms with Crippen LogP contribution in [0.5, 0.6) is 17.2 Å². The summed E-state index contributed by atoms with van der Waals surface area (Å²) in [4.78, 5) is 24.9. The normalized spacial score (nSPS) is 15.9. The SMILES string of the molecule is COc1ccc(COC(=O)C2=C(C)NC(=O)N[C@@H]2c2cc(Cl)c(O)c(OC)c2)cc1. The molecular weight excluding hydrogens is 412 g/mol. The van der Waals surface area contributed by atoms with Crippen LogP contribution in [-0.4, -0.2) is 31.3 Å². The molecule has 0 saturated carbocycles. The van der Waals surface area contributed by atoms with Crippen molar-refractivity contribution in [3.05, 3.63) is 63.8 Å². The van der Waals surface area contributed by atoms with E-state index in [-0.39, 0.29) is 28.7 Å².